The summed E-state index contributed by atoms with van der Waals surface area (Å²) in [6.07, 6.45) is 0. The van der Waals surface area contributed by atoms with E-state index in [1.165, 1.54) is 0 Å². The van der Waals surface area contributed by atoms with Crippen LogP contribution in [-0.4, -0.2) is 44.3 Å². The highest BCUT2D eigenvalue weighted by molar-refractivity contribution is 6.32. The summed E-state index contributed by atoms with van der Waals surface area (Å²) in [5.41, 5.74) is 0.676. The first-order chi connectivity index (χ1) is 12.1. The topological polar surface area (TPSA) is 60.0 Å². The monoisotopic (exact) mass is 362 g/mol. The van der Waals surface area contributed by atoms with Gasteiger partial charge in [-0.3, -0.25) is 9.69 Å². The molecule has 0 spiro atoms. The molecule has 7 heteroatoms. The lowest BCUT2D eigenvalue weighted by Gasteiger charge is -2.17. The molecule has 3 rings (SSSR count). The minimum Gasteiger partial charge on any atom is -0.491 e. The Morgan fingerprint density at radius 2 is 2.04 bits per heavy atom. The zero-order valence-corrected chi connectivity index (χ0v) is 14.6. The van der Waals surface area contributed by atoms with Gasteiger partial charge in [-0.15, -0.1) is 0 Å². The molecule has 0 aromatic heterocycles. The van der Waals surface area contributed by atoms with Gasteiger partial charge in [0.15, 0.2) is 11.5 Å². The predicted molar refractivity (Wildman–Crippen MR) is 95.6 cm³/mol. The Morgan fingerprint density at radius 3 is 2.88 bits per heavy atom. The second kappa shape index (κ2) is 8.09. The standard InChI is InChI=1S/C18H19ClN2O4/c1-21(8-9-23-15-5-3-2-4-14(15)19)11-18(22)20-13-6-7-16-17(10-13)25-12-24-16/h2-7,10H,8-9,11-12H2,1H3,(H,20,22). The van der Waals surface area contributed by atoms with E-state index in [9.17, 15) is 4.79 Å². The molecule has 1 heterocycles. The maximum atomic E-state index is 12.1. The summed E-state index contributed by atoms with van der Waals surface area (Å²) in [6.45, 7) is 1.50. The van der Waals surface area contributed by atoms with Gasteiger partial charge in [-0.05, 0) is 31.3 Å². The number of carbonyl (C=O) groups is 1. The number of para-hydroxylation sites is 1. The van der Waals surface area contributed by atoms with Gasteiger partial charge >= 0.3 is 0 Å². The Kier molecular flexibility index (Phi) is 5.63. The van der Waals surface area contributed by atoms with Crippen molar-refractivity contribution in [2.75, 3.05) is 38.9 Å². The highest BCUT2D eigenvalue weighted by Crippen LogP contribution is 2.34. The number of benzene rings is 2. The van der Waals surface area contributed by atoms with E-state index in [0.29, 0.717) is 41.1 Å². The number of nitrogens with zero attached hydrogens (tertiary/aromatic N) is 1. The van der Waals surface area contributed by atoms with Crippen LogP contribution in [0.1, 0.15) is 0 Å². The van der Waals surface area contributed by atoms with Gasteiger partial charge in [0, 0.05) is 18.3 Å². The van der Waals surface area contributed by atoms with Crippen molar-refractivity contribution in [2.45, 2.75) is 0 Å². The third-order valence-corrected chi connectivity index (χ3v) is 3.95. The molecular weight excluding hydrogens is 344 g/mol. The minimum absolute atomic E-state index is 0.112. The van der Waals surface area contributed by atoms with E-state index >= 15 is 0 Å². The summed E-state index contributed by atoms with van der Waals surface area (Å²) in [5.74, 6) is 1.85. The smallest absolute Gasteiger partial charge is 0.238 e. The van der Waals surface area contributed by atoms with Crippen LogP contribution in [-0.2, 0) is 4.79 Å². The lowest BCUT2D eigenvalue weighted by molar-refractivity contribution is -0.117. The number of halogens is 1. The molecule has 1 aliphatic heterocycles. The minimum atomic E-state index is -0.112. The van der Waals surface area contributed by atoms with Gasteiger partial charge in [0.1, 0.15) is 12.4 Å². The van der Waals surface area contributed by atoms with Crippen molar-refractivity contribution in [3.63, 3.8) is 0 Å². The first-order valence-corrected chi connectivity index (χ1v) is 8.25. The molecule has 132 valence electrons. The zero-order valence-electron chi connectivity index (χ0n) is 13.8. The number of rotatable bonds is 7. The number of hydrogen-bond donors (Lipinski definition) is 1. The van der Waals surface area contributed by atoms with E-state index in [1.807, 2.05) is 30.1 Å². The molecular formula is C18H19ClN2O4. The molecule has 0 saturated heterocycles. The number of anilines is 1. The first kappa shape index (κ1) is 17.4. The normalized spacial score (nSPS) is 12.3. The van der Waals surface area contributed by atoms with Crippen molar-refractivity contribution in [3.8, 4) is 17.2 Å². The van der Waals surface area contributed by atoms with E-state index in [0.717, 1.165) is 0 Å². The molecule has 0 aliphatic carbocycles. The second-order valence-corrected chi connectivity index (χ2v) is 6.04. The van der Waals surface area contributed by atoms with Crippen LogP contribution in [0, 0.1) is 0 Å². The molecule has 0 radical (unpaired) electrons. The van der Waals surface area contributed by atoms with Gasteiger partial charge in [0.25, 0.3) is 0 Å². The quantitative estimate of drug-likeness (QED) is 0.820. The lowest BCUT2D eigenvalue weighted by Crippen LogP contribution is -2.33. The van der Waals surface area contributed by atoms with Crippen LogP contribution in [0.5, 0.6) is 17.2 Å². The Morgan fingerprint density at radius 1 is 1.24 bits per heavy atom. The van der Waals surface area contributed by atoms with Crippen LogP contribution in [0.4, 0.5) is 5.69 Å². The second-order valence-electron chi connectivity index (χ2n) is 5.63. The van der Waals surface area contributed by atoms with E-state index in [4.69, 9.17) is 25.8 Å². The SMILES string of the molecule is CN(CCOc1ccccc1Cl)CC(=O)Nc1ccc2c(c1)OCO2. The summed E-state index contributed by atoms with van der Waals surface area (Å²) in [7, 11) is 1.86. The van der Waals surface area contributed by atoms with Gasteiger partial charge in [0.2, 0.25) is 12.7 Å². The molecule has 6 nitrogen and oxygen atoms in total. The summed E-state index contributed by atoms with van der Waals surface area (Å²) in [4.78, 5) is 14.0. The number of fused-ring (bicyclic) bond motifs is 1. The Balaban J connectivity index is 1.42. The fourth-order valence-electron chi connectivity index (χ4n) is 2.37. The third kappa shape index (κ3) is 4.78. The highest BCUT2D eigenvalue weighted by atomic mass is 35.5. The molecule has 2 aromatic carbocycles. The number of nitrogens with one attached hydrogen (secondary N) is 1. The summed E-state index contributed by atoms with van der Waals surface area (Å²) in [6, 6.07) is 12.6. The Bertz CT molecular complexity index is 754. The average molecular weight is 363 g/mol. The molecule has 0 atom stereocenters. The van der Waals surface area contributed by atoms with Gasteiger partial charge in [-0.2, -0.15) is 0 Å². The van der Waals surface area contributed by atoms with Crippen LogP contribution in [0.3, 0.4) is 0 Å². The number of amides is 1. The summed E-state index contributed by atoms with van der Waals surface area (Å²) >= 11 is 6.03. The van der Waals surface area contributed by atoms with Crippen LogP contribution in [0.15, 0.2) is 42.5 Å². The Hall–Kier alpha value is -2.44. The zero-order chi connectivity index (χ0) is 17.6. The number of carbonyl (C=O) groups excluding carboxylic acids is 1. The van der Waals surface area contributed by atoms with Crippen LogP contribution in [0.2, 0.25) is 5.02 Å². The van der Waals surface area contributed by atoms with E-state index in [2.05, 4.69) is 5.32 Å². The number of hydrogen-bond acceptors (Lipinski definition) is 5. The van der Waals surface area contributed by atoms with Gasteiger partial charge in [-0.25, -0.2) is 0 Å². The molecule has 0 fully saturated rings. The van der Waals surface area contributed by atoms with Crippen molar-refractivity contribution < 1.29 is 19.0 Å². The van der Waals surface area contributed by atoms with E-state index in [1.54, 1.807) is 24.3 Å². The van der Waals surface area contributed by atoms with E-state index in [-0.39, 0.29) is 19.2 Å². The van der Waals surface area contributed by atoms with Gasteiger partial charge in [0.05, 0.1) is 11.6 Å². The Labute approximate surface area is 151 Å². The lowest BCUT2D eigenvalue weighted by atomic mass is 10.2. The van der Waals surface area contributed by atoms with E-state index < -0.39 is 0 Å². The highest BCUT2D eigenvalue weighted by Gasteiger charge is 2.14. The molecule has 1 N–H and O–H groups in total. The fourth-order valence-corrected chi connectivity index (χ4v) is 2.56. The van der Waals surface area contributed by atoms with Crippen LogP contribution < -0.4 is 19.5 Å². The summed E-state index contributed by atoms with van der Waals surface area (Å²) in [5, 5.41) is 3.42. The predicted octanol–water partition coefficient (Wildman–Crippen LogP) is 3.02. The molecule has 0 unspecified atom stereocenters. The van der Waals surface area contributed by atoms with Crippen LogP contribution in [0.25, 0.3) is 0 Å². The first-order valence-electron chi connectivity index (χ1n) is 7.87. The molecule has 1 aliphatic rings. The van der Waals surface area contributed by atoms with Crippen molar-refractivity contribution in [2.24, 2.45) is 0 Å². The molecule has 0 saturated carbocycles. The molecule has 2 aromatic rings. The van der Waals surface area contributed by atoms with Crippen molar-refractivity contribution in [3.05, 3.63) is 47.5 Å². The molecule has 0 bridgehead atoms. The van der Waals surface area contributed by atoms with Crippen molar-refractivity contribution >= 4 is 23.2 Å². The number of likely N-dealkylation sites (N-methyl/N-ethyl adjacent to an activating group) is 1. The fraction of sp³-hybridized carbons (Fsp3) is 0.278. The maximum absolute atomic E-state index is 12.1. The van der Waals surface area contributed by atoms with Crippen molar-refractivity contribution in [1.82, 2.24) is 4.90 Å². The van der Waals surface area contributed by atoms with Gasteiger partial charge in [-0.1, -0.05) is 23.7 Å². The maximum Gasteiger partial charge on any atom is 0.238 e. The largest absolute Gasteiger partial charge is 0.491 e. The number of ether oxygens (including phenoxy) is 3. The van der Waals surface area contributed by atoms with Crippen molar-refractivity contribution in [1.29, 1.82) is 0 Å². The van der Waals surface area contributed by atoms with Crippen LogP contribution >= 0.6 is 11.6 Å². The molecule has 1 amide bonds. The van der Waals surface area contributed by atoms with Gasteiger partial charge < -0.3 is 19.5 Å². The summed E-state index contributed by atoms with van der Waals surface area (Å²) < 4.78 is 16.2. The molecule has 25 heavy (non-hydrogen) atoms. The third-order valence-electron chi connectivity index (χ3n) is 3.64. The average Bonchev–Trinajstić information content (AvgIpc) is 3.04.